The Morgan fingerprint density at radius 1 is 1.43 bits per heavy atom. The van der Waals surface area contributed by atoms with Gasteiger partial charge in [0.05, 0.1) is 24.0 Å². The lowest BCUT2D eigenvalue weighted by Gasteiger charge is -2.37. The van der Waals surface area contributed by atoms with Gasteiger partial charge in [0.2, 0.25) is 0 Å². The smallest absolute Gasteiger partial charge is 0.308 e. The van der Waals surface area contributed by atoms with Crippen molar-refractivity contribution in [1.82, 2.24) is 0 Å². The summed E-state index contributed by atoms with van der Waals surface area (Å²) in [6.07, 6.45) is -0.720. The van der Waals surface area contributed by atoms with Gasteiger partial charge in [0.1, 0.15) is 6.10 Å². The first kappa shape index (κ1) is 17.4. The van der Waals surface area contributed by atoms with Gasteiger partial charge < -0.3 is 9.47 Å². The lowest BCUT2D eigenvalue weighted by Crippen LogP contribution is -2.53. The molecule has 1 aliphatic rings. The van der Waals surface area contributed by atoms with Gasteiger partial charge in [-0.15, -0.1) is 0 Å². The molecule has 0 unspecified atom stereocenters. The number of carbonyl (C=O) groups excluding carboxylic acids is 1. The molecule has 2 atom stereocenters. The van der Waals surface area contributed by atoms with Crippen LogP contribution in [-0.2, 0) is 24.1 Å². The average Bonchev–Trinajstić information content (AvgIpc) is 2.56. The quantitative estimate of drug-likeness (QED) is 0.761. The van der Waals surface area contributed by atoms with E-state index in [4.69, 9.17) is 9.47 Å². The van der Waals surface area contributed by atoms with E-state index in [9.17, 15) is 18.5 Å². The summed E-state index contributed by atoms with van der Waals surface area (Å²) in [5.41, 5.74) is 0. The van der Waals surface area contributed by atoms with Crippen molar-refractivity contribution >= 4 is 15.8 Å². The number of esters is 1. The Bertz CT molecular complexity index is 695. The summed E-state index contributed by atoms with van der Waals surface area (Å²) in [7, 11) is -3.98. The molecule has 7 heteroatoms. The Kier molecular flexibility index (Phi) is 5.39. The summed E-state index contributed by atoms with van der Waals surface area (Å²) in [5, 5.41) is 9.69. The molecule has 23 heavy (non-hydrogen) atoms. The zero-order valence-corrected chi connectivity index (χ0v) is 13.7. The third-order valence-corrected chi connectivity index (χ3v) is 6.32. The number of rotatable bonds is 5. The van der Waals surface area contributed by atoms with Crippen LogP contribution in [0.5, 0.6) is 0 Å². The molecular weight excluding hydrogens is 318 g/mol. The SMILES string of the molecule is CCOC(=O)C[C@H]1OCCC[C@]1(C#N)S(=O)(=O)c1ccccc1. The molecule has 0 saturated carbocycles. The topological polar surface area (TPSA) is 93.5 Å². The Morgan fingerprint density at radius 2 is 2.13 bits per heavy atom. The molecule has 1 fully saturated rings. The van der Waals surface area contributed by atoms with E-state index in [1.54, 1.807) is 25.1 Å². The second kappa shape index (κ2) is 7.11. The second-order valence-corrected chi connectivity index (χ2v) is 7.50. The monoisotopic (exact) mass is 337 g/mol. The van der Waals surface area contributed by atoms with Crippen LogP contribution in [0.1, 0.15) is 26.2 Å². The predicted molar refractivity (Wildman–Crippen MR) is 82.2 cm³/mol. The fourth-order valence-electron chi connectivity index (χ4n) is 2.76. The van der Waals surface area contributed by atoms with Gasteiger partial charge in [-0.05, 0) is 31.9 Å². The number of carbonyl (C=O) groups is 1. The summed E-state index contributed by atoms with van der Waals surface area (Å²) in [6, 6.07) is 9.73. The normalized spacial score (nSPS) is 24.6. The van der Waals surface area contributed by atoms with Gasteiger partial charge in [-0.3, -0.25) is 4.79 Å². The average molecular weight is 337 g/mol. The molecule has 6 nitrogen and oxygen atoms in total. The summed E-state index contributed by atoms with van der Waals surface area (Å²) in [5.74, 6) is -0.567. The number of ether oxygens (including phenoxy) is 2. The minimum atomic E-state index is -3.98. The van der Waals surface area contributed by atoms with Crippen molar-refractivity contribution in [3.63, 3.8) is 0 Å². The van der Waals surface area contributed by atoms with Crippen LogP contribution in [0.3, 0.4) is 0 Å². The van der Waals surface area contributed by atoms with E-state index in [1.165, 1.54) is 12.1 Å². The molecule has 1 saturated heterocycles. The van der Waals surface area contributed by atoms with Crippen LogP contribution in [-0.4, -0.2) is 38.5 Å². The van der Waals surface area contributed by atoms with Crippen molar-refractivity contribution in [3.05, 3.63) is 30.3 Å². The maximum absolute atomic E-state index is 13.0. The van der Waals surface area contributed by atoms with E-state index in [2.05, 4.69) is 0 Å². The molecule has 0 spiro atoms. The Labute approximate surface area is 135 Å². The molecular formula is C16H19NO5S. The van der Waals surface area contributed by atoms with E-state index in [-0.39, 0.29) is 24.3 Å². The van der Waals surface area contributed by atoms with Crippen LogP contribution >= 0.6 is 0 Å². The van der Waals surface area contributed by atoms with Crippen LogP contribution in [0.25, 0.3) is 0 Å². The first-order chi connectivity index (χ1) is 11.0. The third kappa shape index (κ3) is 3.23. The van der Waals surface area contributed by atoms with Crippen molar-refractivity contribution in [1.29, 1.82) is 5.26 Å². The molecule has 1 aliphatic heterocycles. The third-order valence-electron chi connectivity index (χ3n) is 3.91. The summed E-state index contributed by atoms with van der Waals surface area (Å²) in [6.45, 7) is 2.17. The van der Waals surface area contributed by atoms with E-state index in [0.717, 1.165) is 0 Å². The van der Waals surface area contributed by atoms with E-state index in [1.807, 2.05) is 6.07 Å². The fraction of sp³-hybridized carbons (Fsp3) is 0.500. The van der Waals surface area contributed by atoms with Crippen molar-refractivity contribution < 1.29 is 22.7 Å². The highest BCUT2D eigenvalue weighted by molar-refractivity contribution is 7.93. The molecule has 1 heterocycles. The minimum absolute atomic E-state index is 0.0564. The zero-order valence-electron chi connectivity index (χ0n) is 12.9. The molecule has 1 aromatic carbocycles. The molecule has 124 valence electrons. The highest BCUT2D eigenvalue weighted by Crippen LogP contribution is 2.38. The lowest BCUT2D eigenvalue weighted by molar-refractivity contribution is -0.147. The maximum Gasteiger partial charge on any atom is 0.308 e. The van der Waals surface area contributed by atoms with Crippen LogP contribution in [0.4, 0.5) is 0 Å². The Hall–Kier alpha value is -1.91. The molecule has 0 radical (unpaired) electrons. The Balaban J connectivity index is 2.43. The van der Waals surface area contributed by atoms with Gasteiger partial charge >= 0.3 is 5.97 Å². The van der Waals surface area contributed by atoms with Gasteiger partial charge in [0.25, 0.3) is 0 Å². The molecule has 0 N–H and O–H groups in total. The van der Waals surface area contributed by atoms with Crippen LogP contribution in [0, 0.1) is 11.3 Å². The first-order valence-corrected chi connectivity index (χ1v) is 8.94. The van der Waals surface area contributed by atoms with Gasteiger partial charge in [0.15, 0.2) is 14.6 Å². The number of nitrogens with zero attached hydrogens (tertiary/aromatic N) is 1. The summed E-state index contributed by atoms with van der Waals surface area (Å²) in [4.78, 5) is 11.8. The molecule has 0 aliphatic carbocycles. The van der Waals surface area contributed by atoms with Crippen molar-refractivity contribution in [2.45, 2.75) is 41.9 Å². The van der Waals surface area contributed by atoms with Crippen LogP contribution < -0.4 is 0 Å². The van der Waals surface area contributed by atoms with Crippen molar-refractivity contribution in [2.24, 2.45) is 0 Å². The highest BCUT2D eigenvalue weighted by Gasteiger charge is 2.54. The Morgan fingerprint density at radius 3 is 2.74 bits per heavy atom. The zero-order chi connectivity index (χ0) is 16.9. The van der Waals surface area contributed by atoms with Gasteiger partial charge in [-0.1, -0.05) is 18.2 Å². The van der Waals surface area contributed by atoms with Crippen molar-refractivity contribution in [2.75, 3.05) is 13.2 Å². The second-order valence-electron chi connectivity index (χ2n) is 5.29. The maximum atomic E-state index is 13.0. The minimum Gasteiger partial charge on any atom is -0.466 e. The molecule has 2 rings (SSSR count). The van der Waals surface area contributed by atoms with E-state index in [0.29, 0.717) is 13.0 Å². The number of hydrogen-bond acceptors (Lipinski definition) is 6. The number of sulfone groups is 1. The van der Waals surface area contributed by atoms with Gasteiger partial charge in [-0.25, -0.2) is 8.42 Å². The standard InChI is InChI=1S/C16H19NO5S/c1-2-21-15(18)11-14-16(12-17,9-6-10-22-14)23(19,20)13-7-4-3-5-8-13/h3-5,7-8,14H,2,6,9-11H2,1H3/t14-,16-/m1/s1. The van der Waals surface area contributed by atoms with E-state index >= 15 is 0 Å². The number of hydrogen-bond donors (Lipinski definition) is 0. The molecule has 0 amide bonds. The van der Waals surface area contributed by atoms with Crippen LogP contribution in [0.2, 0.25) is 0 Å². The van der Waals surface area contributed by atoms with E-state index < -0.39 is 26.7 Å². The number of benzene rings is 1. The van der Waals surface area contributed by atoms with Crippen LogP contribution in [0.15, 0.2) is 35.2 Å². The van der Waals surface area contributed by atoms with Crippen molar-refractivity contribution in [3.8, 4) is 6.07 Å². The van der Waals surface area contributed by atoms with Gasteiger partial charge in [-0.2, -0.15) is 5.26 Å². The lowest BCUT2D eigenvalue weighted by atomic mass is 9.92. The molecule has 0 bridgehead atoms. The fourth-order valence-corrected chi connectivity index (χ4v) is 4.72. The highest BCUT2D eigenvalue weighted by atomic mass is 32.2. The largest absolute Gasteiger partial charge is 0.466 e. The van der Waals surface area contributed by atoms with Gasteiger partial charge in [0, 0.05) is 6.61 Å². The summed E-state index contributed by atoms with van der Waals surface area (Å²) >= 11 is 0. The predicted octanol–water partition coefficient (Wildman–Crippen LogP) is 1.85. The summed E-state index contributed by atoms with van der Waals surface area (Å²) < 4.78 is 34.7. The molecule has 0 aromatic heterocycles. The molecule has 1 aromatic rings. The number of nitriles is 1. The first-order valence-electron chi connectivity index (χ1n) is 7.46.